The van der Waals surface area contributed by atoms with Gasteiger partial charge in [0.25, 0.3) is 0 Å². The van der Waals surface area contributed by atoms with Crippen LogP contribution in [0.1, 0.15) is 20.8 Å². The first-order valence-corrected chi connectivity index (χ1v) is 9.23. The third kappa shape index (κ3) is 2.08. The van der Waals surface area contributed by atoms with Crippen molar-refractivity contribution in [1.29, 1.82) is 0 Å². The van der Waals surface area contributed by atoms with Crippen LogP contribution in [-0.4, -0.2) is 8.07 Å². The molecule has 0 saturated carbocycles. The van der Waals surface area contributed by atoms with Crippen molar-refractivity contribution in [3.05, 3.63) is 15.9 Å². The summed E-state index contributed by atoms with van der Waals surface area (Å²) in [6, 6.07) is 6.32. The van der Waals surface area contributed by atoms with Gasteiger partial charge in [-0.3, -0.25) is 0 Å². The third-order valence-corrected chi connectivity index (χ3v) is 12.1. The van der Waals surface area contributed by atoms with Crippen molar-refractivity contribution in [2.24, 2.45) is 0 Å². The van der Waals surface area contributed by atoms with Gasteiger partial charge in [-0.25, -0.2) is 0 Å². The van der Waals surface area contributed by atoms with Gasteiger partial charge in [0, 0.05) is 8.97 Å². The lowest BCUT2D eigenvalue weighted by molar-refractivity contribution is 1.20. The predicted octanol–water partition coefficient (Wildman–Crippen LogP) is 4.23. The van der Waals surface area contributed by atoms with Crippen LogP contribution in [0.4, 0.5) is 0 Å². The van der Waals surface area contributed by atoms with E-state index in [0.717, 1.165) is 0 Å². The Hall–Kier alpha value is 0.397. The molecule has 1 heterocycles. The van der Waals surface area contributed by atoms with Crippen molar-refractivity contribution in [3.8, 4) is 0 Å². The van der Waals surface area contributed by atoms with Crippen molar-refractivity contribution in [2.45, 2.75) is 38.9 Å². The molecule has 0 unspecified atom stereocenters. The molecule has 0 aromatic carbocycles. The Morgan fingerprint density at radius 3 is 2.08 bits per heavy atom. The lowest BCUT2D eigenvalue weighted by Gasteiger charge is -2.27. The Morgan fingerprint density at radius 2 is 1.77 bits per heavy atom. The fraction of sp³-hybridized carbons (Fsp3) is 0.600. The highest BCUT2D eigenvalue weighted by atomic mass is 79.9. The van der Waals surface area contributed by atoms with Crippen LogP contribution in [0.3, 0.4) is 0 Å². The van der Waals surface area contributed by atoms with Crippen molar-refractivity contribution in [3.63, 3.8) is 0 Å². The molecule has 0 aliphatic carbocycles. The van der Waals surface area contributed by atoms with Gasteiger partial charge in [-0.15, -0.1) is 0 Å². The summed E-state index contributed by atoms with van der Waals surface area (Å²) >= 11 is 5.61. The molecule has 0 aliphatic rings. The van der Waals surface area contributed by atoms with Gasteiger partial charge in [0.15, 0.2) is 0 Å². The van der Waals surface area contributed by atoms with Gasteiger partial charge in [0.05, 0.1) is 0 Å². The van der Waals surface area contributed by atoms with E-state index in [4.69, 9.17) is 0 Å². The molecule has 13 heavy (non-hydrogen) atoms. The Bertz CT molecular complexity index is 257. The van der Waals surface area contributed by atoms with Crippen LogP contribution >= 0.6 is 27.3 Å². The van der Waals surface area contributed by atoms with Gasteiger partial charge in [0.2, 0.25) is 0 Å². The zero-order valence-electron chi connectivity index (χ0n) is 8.56. The maximum Gasteiger partial charge on any atom is 0.100 e. The van der Waals surface area contributed by atoms with Gasteiger partial charge < -0.3 is 0 Å². The van der Waals surface area contributed by atoms with Crippen molar-refractivity contribution >= 4 is 39.8 Å². The maximum absolute atomic E-state index is 3.67. The molecule has 3 heteroatoms. The average molecular weight is 277 g/mol. The van der Waals surface area contributed by atoms with Crippen LogP contribution in [-0.2, 0) is 0 Å². The Labute approximate surface area is 94.5 Å². The van der Waals surface area contributed by atoms with Crippen LogP contribution in [0.15, 0.2) is 15.9 Å². The van der Waals surface area contributed by atoms with E-state index in [1.807, 2.05) is 11.3 Å². The second kappa shape index (κ2) is 4.76. The first-order chi connectivity index (χ1) is 6.20. The normalized spacial score (nSPS) is 12.0. The molecular formula is C10H17BrSSi. The fourth-order valence-electron chi connectivity index (χ4n) is 1.90. The van der Waals surface area contributed by atoms with E-state index >= 15 is 0 Å². The lowest BCUT2D eigenvalue weighted by Crippen LogP contribution is -2.44. The second-order valence-electron chi connectivity index (χ2n) is 3.44. The topological polar surface area (TPSA) is 0 Å². The first-order valence-electron chi connectivity index (χ1n) is 4.93. The van der Waals surface area contributed by atoms with E-state index in [9.17, 15) is 0 Å². The van der Waals surface area contributed by atoms with E-state index in [2.05, 4.69) is 48.1 Å². The van der Waals surface area contributed by atoms with Crippen LogP contribution in [0.5, 0.6) is 0 Å². The Kier molecular flexibility index (Phi) is 4.20. The van der Waals surface area contributed by atoms with E-state index in [-0.39, 0.29) is 0 Å². The minimum Gasteiger partial charge on any atom is -0.152 e. The van der Waals surface area contributed by atoms with Crippen molar-refractivity contribution < 1.29 is 0 Å². The van der Waals surface area contributed by atoms with Gasteiger partial charge in [-0.05, 0) is 11.4 Å². The summed E-state index contributed by atoms with van der Waals surface area (Å²) in [6.07, 6.45) is 0. The molecule has 0 N–H and O–H groups in total. The van der Waals surface area contributed by atoms with Gasteiger partial charge in [0.1, 0.15) is 8.07 Å². The quantitative estimate of drug-likeness (QED) is 0.723. The van der Waals surface area contributed by atoms with Crippen molar-refractivity contribution in [2.75, 3.05) is 0 Å². The van der Waals surface area contributed by atoms with Crippen LogP contribution in [0.25, 0.3) is 0 Å². The zero-order valence-corrected chi connectivity index (χ0v) is 12.0. The van der Waals surface area contributed by atoms with Crippen LogP contribution < -0.4 is 4.50 Å². The molecule has 0 amide bonds. The second-order valence-corrected chi connectivity index (χ2v) is 10.8. The molecule has 1 aromatic heterocycles. The van der Waals surface area contributed by atoms with Gasteiger partial charge in [-0.2, -0.15) is 11.3 Å². The van der Waals surface area contributed by atoms with E-state index in [1.165, 1.54) is 22.6 Å². The molecule has 0 fully saturated rings. The van der Waals surface area contributed by atoms with E-state index in [0.29, 0.717) is 0 Å². The standard InChI is InChI=1S/C10H17BrSSi/c1-4-13(5-2,6-3)10-9(11)7-8-12-10/h7-8H,4-6H2,1-3H3. The predicted molar refractivity (Wildman–Crippen MR) is 68.9 cm³/mol. The molecule has 0 aliphatic heterocycles. The average Bonchev–Trinajstić information content (AvgIpc) is 2.57. The minimum absolute atomic E-state index is 1.11. The Balaban J connectivity index is 3.07. The number of rotatable bonds is 4. The summed E-state index contributed by atoms with van der Waals surface area (Å²) in [5.41, 5.74) is 0. The van der Waals surface area contributed by atoms with Gasteiger partial charge >= 0.3 is 0 Å². The molecule has 0 atom stereocenters. The molecule has 0 bridgehead atoms. The molecule has 0 nitrogen and oxygen atoms in total. The number of hydrogen-bond donors (Lipinski definition) is 0. The molecule has 1 aromatic rings. The van der Waals surface area contributed by atoms with Gasteiger partial charge in [-0.1, -0.05) is 54.8 Å². The highest BCUT2D eigenvalue weighted by molar-refractivity contribution is 9.10. The highest BCUT2D eigenvalue weighted by Gasteiger charge is 2.31. The van der Waals surface area contributed by atoms with E-state index in [1.54, 1.807) is 4.50 Å². The molecular weight excluding hydrogens is 260 g/mol. The highest BCUT2D eigenvalue weighted by Crippen LogP contribution is 2.26. The molecule has 0 radical (unpaired) electrons. The number of hydrogen-bond acceptors (Lipinski definition) is 1. The molecule has 0 spiro atoms. The SMILES string of the molecule is CC[Si](CC)(CC)c1sccc1Br. The van der Waals surface area contributed by atoms with E-state index < -0.39 is 8.07 Å². The van der Waals surface area contributed by atoms with Crippen LogP contribution in [0.2, 0.25) is 18.1 Å². The van der Waals surface area contributed by atoms with Crippen LogP contribution in [0, 0.1) is 0 Å². The molecule has 0 saturated heterocycles. The van der Waals surface area contributed by atoms with Crippen molar-refractivity contribution in [1.82, 2.24) is 0 Å². The molecule has 74 valence electrons. The zero-order chi connectivity index (χ0) is 9.90. The summed E-state index contributed by atoms with van der Waals surface area (Å²) in [6.45, 7) is 7.06. The summed E-state index contributed by atoms with van der Waals surface area (Å²) < 4.78 is 3.02. The Morgan fingerprint density at radius 1 is 1.23 bits per heavy atom. The molecule has 1 rings (SSSR count). The third-order valence-electron chi connectivity index (χ3n) is 3.13. The monoisotopic (exact) mass is 276 g/mol. The summed E-state index contributed by atoms with van der Waals surface area (Å²) in [5, 5.41) is 2.21. The smallest absolute Gasteiger partial charge is 0.100 e. The minimum atomic E-state index is -1.11. The first kappa shape index (κ1) is 11.5. The fourth-order valence-corrected chi connectivity index (χ4v) is 9.83. The number of halogens is 1. The largest absolute Gasteiger partial charge is 0.152 e. The lowest BCUT2D eigenvalue weighted by atomic mass is 10.7. The summed E-state index contributed by atoms with van der Waals surface area (Å²) in [7, 11) is -1.11. The summed E-state index contributed by atoms with van der Waals surface area (Å²) in [4.78, 5) is 0. The number of thiophene rings is 1. The maximum atomic E-state index is 3.67. The summed E-state index contributed by atoms with van der Waals surface area (Å²) in [5.74, 6) is 0.